The molecule has 1 aromatic carbocycles. The van der Waals surface area contributed by atoms with Crippen LogP contribution in [0.1, 0.15) is 25.8 Å². The molecular formula is C18H23N5O3S2. The van der Waals surface area contributed by atoms with E-state index in [0.29, 0.717) is 16.9 Å². The first-order chi connectivity index (χ1) is 13.6. The van der Waals surface area contributed by atoms with E-state index in [-0.39, 0.29) is 17.8 Å². The molecule has 2 heterocycles. The van der Waals surface area contributed by atoms with Crippen LogP contribution in [-0.2, 0) is 11.3 Å². The molecule has 1 aromatic heterocycles. The van der Waals surface area contributed by atoms with Gasteiger partial charge in [-0.25, -0.2) is 0 Å². The smallest absolute Gasteiger partial charge is 0.236 e. The average Bonchev–Trinajstić information content (AvgIpc) is 3.36. The van der Waals surface area contributed by atoms with Gasteiger partial charge in [0.25, 0.3) is 0 Å². The number of amidine groups is 1. The molecule has 8 nitrogen and oxygen atoms in total. The molecule has 150 valence electrons. The molecular weight excluding hydrogens is 398 g/mol. The Morgan fingerprint density at radius 1 is 1.32 bits per heavy atom. The van der Waals surface area contributed by atoms with Crippen molar-refractivity contribution in [2.24, 2.45) is 4.99 Å². The average molecular weight is 422 g/mol. The minimum absolute atomic E-state index is 0.0899. The van der Waals surface area contributed by atoms with Gasteiger partial charge in [0.1, 0.15) is 11.5 Å². The molecule has 0 radical (unpaired) electrons. The summed E-state index contributed by atoms with van der Waals surface area (Å²) in [6.07, 6.45) is -0.284. The number of thioether (sulfide) groups is 2. The number of carbonyl (C=O) groups excluding carboxylic acids is 1. The molecule has 1 unspecified atom stereocenters. The number of hydrogen-bond acceptors (Lipinski definition) is 8. The summed E-state index contributed by atoms with van der Waals surface area (Å²) in [6, 6.07) is 7.40. The minimum atomic E-state index is -0.284. The maximum absolute atomic E-state index is 12.1. The van der Waals surface area contributed by atoms with Crippen molar-refractivity contribution in [1.82, 2.24) is 20.1 Å². The Morgan fingerprint density at radius 2 is 2.07 bits per heavy atom. The number of hydrogen-bond donors (Lipinski definition) is 1. The van der Waals surface area contributed by atoms with Crippen LogP contribution in [0.5, 0.6) is 11.5 Å². The van der Waals surface area contributed by atoms with Crippen LogP contribution >= 0.6 is 23.5 Å². The second kappa shape index (κ2) is 9.83. The van der Waals surface area contributed by atoms with Crippen molar-refractivity contribution in [3.05, 3.63) is 30.1 Å². The lowest BCUT2D eigenvalue weighted by molar-refractivity contribution is -0.117. The van der Waals surface area contributed by atoms with Gasteiger partial charge < -0.3 is 19.4 Å². The Balaban J connectivity index is 1.60. The third-order valence-electron chi connectivity index (χ3n) is 3.96. The van der Waals surface area contributed by atoms with Crippen molar-refractivity contribution >= 4 is 34.6 Å². The van der Waals surface area contributed by atoms with Gasteiger partial charge in [-0.3, -0.25) is 9.79 Å². The Hall–Kier alpha value is -2.20. The highest BCUT2D eigenvalue weighted by Gasteiger charge is 2.20. The quantitative estimate of drug-likeness (QED) is 0.656. The van der Waals surface area contributed by atoms with Crippen LogP contribution in [-0.4, -0.2) is 51.0 Å². The van der Waals surface area contributed by atoms with E-state index in [1.807, 2.05) is 42.7 Å². The highest BCUT2D eigenvalue weighted by molar-refractivity contribution is 8.14. The molecule has 1 aliphatic rings. The normalized spacial score (nSPS) is 14.5. The molecule has 0 saturated heterocycles. The van der Waals surface area contributed by atoms with E-state index < -0.39 is 0 Å². The third-order valence-corrected chi connectivity index (χ3v) is 5.82. The number of methoxy groups -OCH3 is 1. The first kappa shape index (κ1) is 20.5. The second-order valence-electron chi connectivity index (χ2n) is 5.89. The molecule has 10 heteroatoms. The summed E-state index contributed by atoms with van der Waals surface area (Å²) in [5.41, 5.74) is 0. The number of aliphatic imine (C=N–C) groups is 1. The van der Waals surface area contributed by atoms with Crippen molar-refractivity contribution in [2.45, 2.75) is 31.7 Å². The molecule has 3 rings (SSSR count). The number of rotatable bonds is 8. The highest BCUT2D eigenvalue weighted by Crippen LogP contribution is 2.26. The van der Waals surface area contributed by atoms with Crippen molar-refractivity contribution in [1.29, 1.82) is 0 Å². The van der Waals surface area contributed by atoms with Crippen LogP contribution in [0.25, 0.3) is 0 Å². The van der Waals surface area contributed by atoms with E-state index in [1.165, 1.54) is 11.8 Å². The fraction of sp³-hybridized carbons (Fsp3) is 0.444. The van der Waals surface area contributed by atoms with E-state index in [0.717, 1.165) is 29.6 Å². The van der Waals surface area contributed by atoms with Crippen molar-refractivity contribution < 1.29 is 14.3 Å². The number of carbonyl (C=O) groups is 1. The van der Waals surface area contributed by atoms with E-state index in [2.05, 4.69) is 20.5 Å². The zero-order chi connectivity index (χ0) is 19.9. The number of ether oxygens (including phenoxy) is 2. The fourth-order valence-corrected chi connectivity index (χ4v) is 4.17. The lowest BCUT2D eigenvalue weighted by Crippen LogP contribution is -2.29. The number of nitrogens with one attached hydrogen (secondary N) is 1. The standard InChI is InChI=1S/C18H23N5O3S2/c1-4-23-16(12(2)26-14-7-5-13(25-3)6-8-14)21-22-18(23)28-11-15(24)20-17-19-9-10-27-17/h5-8,12H,4,9-11H2,1-3H3,(H,19,20,24). The topological polar surface area (TPSA) is 90.6 Å². The van der Waals surface area contributed by atoms with Gasteiger partial charge in [-0.15, -0.1) is 10.2 Å². The number of nitrogens with zero attached hydrogens (tertiary/aromatic N) is 4. The summed E-state index contributed by atoms with van der Waals surface area (Å²) < 4.78 is 13.1. The number of benzene rings is 1. The van der Waals surface area contributed by atoms with Crippen LogP contribution in [0.15, 0.2) is 34.4 Å². The maximum atomic E-state index is 12.1. The maximum Gasteiger partial charge on any atom is 0.236 e. The molecule has 1 amide bonds. The monoisotopic (exact) mass is 421 g/mol. The summed E-state index contributed by atoms with van der Waals surface area (Å²) in [7, 11) is 1.63. The van der Waals surface area contributed by atoms with Gasteiger partial charge in [0, 0.05) is 12.3 Å². The summed E-state index contributed by atoms with van der Waals surface area (Å²) >= 11 is 2.92. The summed E-state index contributed by atoms with van der Waals surface area (Å²) in [6.45, 7) is 5.39. The van der Waals surface area contributed by atoms with Gasteiger partial charge in [-0.1, -0.05) is 23.5 Å². The molecule has 1 N–H and O–H groups in total. The molecule has 0 aliphatic carbocycles. The Labute approximate surface area is 172 Å². The molecule has 2 aromatic rings. The highest BCUT2D eigenvalue weighted by atomic mass is 32.2. The minimum Gasteiger partial charge on any atom is -0.497 e. The second-order valence-corrected chi connectivity index (χ2v) is 7.92. The Kier molecular flexibility index (Phi) is 7.21. The van der Waals surface area contributed by atoms with Crippen LogP contribution in [0, 0.1) is 0 Å². The number of aromatic nitrogens is 3. The third kappa shape index (κ3) is 5.20. The molecule has 1 aliphatic heterocycles. The Bertz CT molecular complexity index is 838. The lowest BCUT2D eigenvalue weighted by atomic mass is 10.3. The van der Waals surface area contributed by atoms with Gasteiger partial charge in [0.15, 0.2) is 22.3 Å². The molecule has 1 atom stereocenters. The Morgan fingerprint density at radius 3 is 2.71 bits per heavy atom. The van der Waals surface area contributed by atoms with Crippen molar-refractivity contribution in [3.8, 4) is 11.5 Å². The van der Waals surface area contributed by atoms with Gasteiger partial charge in [-0.05, 0) is 38.1 Å². The van der Waals surface area contributed by atoms with Gasteiger partial charge in [0.2, 0.25) is 5.91 Å². The molecule has 28 heavy (non-hydrogen) atoms. The SMILES string of the molecule is CCn1c(SCC(=O)NC2=NCCS2)nnc1C(C)Oc1ccc(OC)cc1. The lowest BCUT2D eigenvalue weighted by Gasteiger charge is -2.15. The van der Waals surface area contributed by atoms with E-state index in [1.54, 1.807) is 18.9 Å². The van der Waals surface area contributed by atoms with Crippen molar-refractivity contribution in [3.63, 3.8) is 0 Å². The first-order valence-corrected chi connectivity index (χ1v) is 10.9. The van der Waals surface area contributed by atoms with Gasteiger partial charge >= 0.3 is 0 Å². The molecule has 0 fully saturated rings. The van der Waals surface area contributed by atoms with E-state index in [9.17, 15) is 4.79 Å². The van der Waals surface area contributed by atoms with Crippen LogP contribution in [0.2, 0.25) is 0 Å². The largest absolute Gasteiger partial charge is 0.497 e. The first-order valence-electron chi connectivity index (χ1n) is 8.94. The van der Waals surface area contributed by atoms with Gasteiger partial charge in [-0.2, -0.15) is 0 Å². The van der Waals surface area contributed by atoms with Crippen molar-refractivity contribution in [2.75, 3.05) is 25.2 Å². The number of amides is 1. The summed E-state index contributed by atoms with van der Waals surface area (Å²) in [5.74, 6) is 3.30. The molecule has 0 bridgehead atoms. The zero-order valence-electron chi connectivity index (χ0n) is 16.0. The van der Waals surface area contributed by atoms with E-state index in [4.69, 9.17) is 9.47 Å². The summed E-state index contributed by atoms with van der Waals surface area (Å²) in [4.78, 5) is 16.3. The predicted molar refractivity (Wildman–Crippen MR) is 111 cm³/mol. The summed E-state index contributed by atoms with van der Waals surface area (Å²) in [5, 5.41) is 12.7. The van der Waals surface area contributed by atoms with Crippen LogP contribution in [0.4, 0.5) is 0 Å². The molecule has 0 spiro atoms. The van der Waals surface area contributed by atoms with Crippen LogP contribution < -0.4 is 14.8 Å². The van der Waals surface area contributed by atoms with Crippen LogP contribution in [0.3, 0.4) is 0 Å². The van der Waals surface area contributed by atoms with E-state index >= 15 is 0 Å². The van der Waals surface area contributed by atoms with Gasteiger partial charge in [0.05, 0.1) is 19.4 Å². The fourth-order valence-electron chi connectivity index (χ4n) is 2.61. The molecule has 0 saturated carbocycles. The predicted octanol–water partition coefficient (Wildman–Crippen LogP) is 2.76. The zero-order valence-corrected chi connectivity index (χ0v) is 17.7.